The van der Waals surface area contributed by atoms with E-state index in [0.29, 0.717) is 0 Å². The van der Waals surface area contributed by atoms with Crippen LogP contribution in [0.4, 0.5) is 0 Å². The lowest BCUT2D eigenvalue weighted by molar-refractivity contribution is 0.405. The zero-order valence-corrected chi connectivity index (χ0v) is 7.48. The van der Waals surface area contributed by atoms with Crippen molar-refractivity contribution >= 4 is 7.12 Å². The van der Waals surface area contributed by atoms with E-state index in [0.717, 1.165) is 17.5 Å². The number of allylic oxidation sites excluding steroid dienone is 1. The van der Waals surface area contributed by atoms with Crippen molar-refractivity contribution in [2.24, 2.45) is 0 Å². The topological polar surface area (TPSA) is 40.5 Å². The van der Waals surface area contributed by atoms with Gasteiger partial charge in [0.2, 0.25) is 0 Å². The van der Waals surface area contributed by atoms with Crippen LogP contribution in [0.15, 0.2) is 36.9 Å². The fourth-order valence-corrected chi connectivity index (χ4v) is 1.26. The Morgan fingerprint density at radius 2 is 2.00 bits per heavy atom. The van der Waals surface area contributed by atoms with E-state index in [1.165, 1.54) is 0 Å². The van der Waals surface area contributed by atoms with Crippen molar-refractivity contribution in [2.75, 3.05) is 0 Å². The van der Waals surface area contributed by atoms with Crippen molar-refractivity contribution in [1.29, 1.82) is 0 Å². The maximum atomic E-state index is 8.76. The molecule has 1 aromatic carbocycles. The molecule has 0 unspecified atom stereocenters. The lowest BCUT2D eigenvalue weighted by atomic mass is 9.81. The molecule has 2 N–H and O–H groups in total. The van der Waals surface area contributed by atoms with Gasteiger partial charge in [0.1, 0.15) is 0 Å². The Labute approximate surface area is 78.7 Å². The summed E-state index contributed by atoms with van der Waals surface area (Å²) in [5.74, 6) is 0. The van der Waals surface area contributed by atoms with Gasteiger partial charge < -0.3 is 10.0 Å². The van der Waals surface area contributed by atoms with Gasteiger partial charge in [-0.05, 0) is 17.5 Å². The van der Waals surface area contributed by atoms with Crippen LogP contribution in [0.1, 0.15) is 11.1 Å². The molecule has 0 aliphatic rings. The summed E-state index contributed by atoms with van der Waals surface area (Å²) in [6.07, 6.45) is 2.93. The second-order valence-electron chi connectivity index (χ2n) is 3.00. The van der Waals surface area contributed by atoms with Crippen LogP contribution in [0, 0.1) is 0 Å². The first-order valence-electron chi connectivity index (χ1n) is 4.27. The maximum Gasteiger partial charge on any atom is 0.456 e. The van der Waals surface area contributed by atoms with Gasteiger partial charge in [0.25, 0.3) is 0 Å². The van der Waals surface area contributed by atoms with Crippen molar-refractivity contribution in [2.45, 2.75) is 12.7 Å². The van der Waals surface area contributed by atoms with E-state index in [9.17, 15) is 0 Å². The average molecular weight is 176 g/mol. The Kier molecular flexibility index (Phi) is 3.74. The Morgan fingerprint density at radius 1 is 1.31 bits per heavy atom. The van der Waals surface area contributed by atoms with Crippen molar-refractivity contribution in [3.63, 3.8) is 0 Å². The fourth-order valence-electron chi connectivity index (χ4n) is 1.26. The van der Waals surface area contributed by atoms with E-state index in [1.807, 2.05) is 30.3 Å². The van der Waals surface area contributed by atoms with Gasteiger partial charge in [-0.2, -0.15) is 0 Å². The molecular formula is C10H13BO2. The number of hydrogen-bond donors (Lipinski definition) is 2. The van der Waals surface area contributed by atoms with Gasteiger partial charge in [0.05, 0.1) is 0 Å². The third kappa shape index (κ3) is 3.44. The second kappa shape index (κ2) is 4.85. The third-order valence-corrected chi connectivity index (χ3v) is 1.79. The van der Waals surface area contributed by atoms with Crippen LogP contribution in [-0.4, -0.2) is 17.2 Å². The van der Waals surface area contributed by atoms with E-state index in [2.05, 4.69) is 6.58 Å². The quantitative estimate of drug-likeness (QED) is 0.530. The number of benzene rings is 1. The molecule has 0 fully saturated rings. The van der Waals surface area contributed by atoms with Crippen LogP contribution >= 0.6 is 0 Å². The van der Waals surface area contributed by atoms with Crippen LogP contribution in [0.2, 0.25) is 0 Å². The molecular weight excluding hydrogens is 163 g/mol. The molecule has 2 nitrogen and oxygen atoms in total. The van der Waals surface area contributed by atoms with Crippen molar-refractivity contribution < 1.29 is 10.0 Å². The number of rotatable bonds is 4. The molecule has 0 radical (unpaired) electrons. The summed E-state index contributed by atoms with van der Waals surface area (Å²) >= 11 is 0. The molecule has 0 spiro atoms. The minimum atomic E-state index is -1.26. The van der Waals surface area contributed by atoms with Crippen LogP contribution in [0.5, 0.6) is 0 Å². The zero-order chi connectivity index (χ0) is 9.68. The summed E-state index contributed by atoms with van der Waals surface area (Å²) in [6.45, 7) is 3.65. The molecule has 0 aromatic heterocycles. The zero-order valence-electron chi connectivity index (χ0n) is 7.48. The molecule has 13 heavy (non-hydrogen) atoms. The lowest BCUT2D eigenvalue weighted by Crippen LogP contribution is -2.15. The normalized spacial score (nSPS) is 9.69. The summed E-state index contributed by atoms with van der Waals surface area (Å²) in [7, 11) is -1.26. The molecule has 68 valence electrons. The van der Waals surface area contributed by atoms with Crippen LogP contribution < -0.4 is 0 Å². The van der Waals surface area contributed by atoms with E-state index in [4.69, 9.17) is 10.0 Å². The fraction of sp³-hybridized carbons (Fsp3) is 0.200. The summed E-state index contributed by atoms with van der Waals surface area (Å²) in [6, 6.07) is 7.75. The maximum absolute atomic E-state index is 8.76. The summed E-state index contributed by atoms with van der Waals surface area (Å²) in [4.78, 5) is 0. The van der Waals surface area contributed by atoms with E-state index in [1.54, 1.807) is 0 Å². The highest BCUT2D eigenvalue weighted by molar-refractivity contribution is 6.40. The third-order valence-electron chi connectivity index (χ3n) is 1.79. The highest BCUT2D eigenvalue weighted by Gasteiger charge is 2.07. The van der Waals surface area contributed by atoms with Crippen molar-refractivity contribution in [3.8, 4) is 0 Å². The van der Waals surface area contributed by atoms with E-state index >= 15 is 0 Å². The molecule has 1 rings (SSSR count). The number of hydrogen-bond acceptors (Lipinski definition) is 2. The molecule has 0 saturated carbocycles. The summed E-state index contributed by atoms with van der Waals surface area (Å²) in [5.41, 5.74) is 2.09. The van der Waals surface area contributed by atoms with Gasteiger partial charge >= 0.3 is 7.12 Å². The lowest BCUT2D eigenvalue weighted by Gasteiger charge is -2.02. The predicted octanol–water partition coefficient (Wildman–Crippen LogP) is 0.970. The average Bonchev–Trinajstić information content (AvgIpc) is 2.04. The van der Waals surface area contributed by atoms with Gasteiger partial charge in [-0.25, -0.2) is 0 Å². The highest BCUT2D eigenvalue weighted by atomic mass is 16.4. The highest BCUT2D eigenvalue weighted by Crippen LogP contribution is 2.07. The van der Waals surface area contributed by atoms with Gasteiger partial charge in [0, 0.05) is 6.32 Å². The van der Waals surface area contributed by atoms with Crippen LogP contribution in [-0.2, 0) is 12.7 Å². The Balaban J connectivity index is 2.72. The van der Waals surface area contributed by atoms with Gasteiger partial charge in [0.15, 0.2) is 0 Å². The predicted molar refractivity (Wildman–Crippen MR) is 54.2 cm³/mol. The van der Waals surface area contributed by atoms with Gasteiger partial charge in [-0.1, -0.05) is 30.3 Å². The monoisotopic (exact) mass is 176 g/mol. The summed E-state index contributed by atoms with van der Waals surface area (Å²) < 4.78 is 0. The Morgan fingerprint density at radius 3 is 2.62 bits per heavy atom. The van der Waals surface area contributed by atoms with Crippen molar-refractivity contribution in [1.82, 2.24) is 0 Å². The second-order valence-corrected chi connectivity index (χ2v) is 3.00. The summed E-state index contributed by atoms with van der Waals surface area (Å²) in [5, 5.41) is 17.5. The Hall–Kier alpha value is -1.06. The van der Waals surface area contributed by atoms with Crippen LogP contribution in [0.25, 0.3) is 0 Å². The van der Waals surface area contributed by atoms with Gasteiger partial charge in [-0.3, -0.25) is 0 Å². The first kappa shape index (κ1) is 10.0. The SMILES string of the molecule is C=CCc1cccc(CB(O)O)c1. The van der Waals surface area contributed by atoms with Crippen LogP contribution in [0.3, 0.4) is 0 Å². The first-order valence-corrected chi connectivity index (χ1v) is 4.27. The minimum absolute atomic E-state index is 0.283. The minimum Gasteiger partial charge on any atom is -0.427 e. The largest absolute Gasteiger partial charge is 0.456 e. The molecule has 0 aliphatic carbocycles. The molecule has 0 saturated heterocycles. The van der Waals surface area contributed by atoms with Gasteiger partial charge in [-0.15, -0.1) is 6.58 Å². The smallest absolute Gasteiger partial charge is 0.427 e. The van der Waals surface area contributed by atoms with E-state index < -0.39 is 7.12 Å². The molecule has 3 heteroatoms. The molecule has 0 bridgehead atoms. The Bertz CT molecular complexity index is 284. The first-order chi connectivity index (χ1) is 6.22. The van der Waals surface area contributed by atoms with E-state index in [-0.39, 0.29) is 6.32 Å². The molecule has 0 amide bonds. The van der Waals surface area contributed by atoms with Crippen molar-refractivity contribution in [3.05, 3.63) is 48.0 Å². The molecule has 0 aliphatic heterocycles. The molecule has 0 atom stereocenters. The molecule has 0 heterocycles. The molecule has 1 aromatic rings. The standard InChI is InChI=1S/C10H13BO2/c1-2-4-9-5-3-6-10(7-9)8-11(12)13/h2-3,5-7,12-13H,1,4,8H2.